The summed E-state index contributed by atoms with van der Waals surface area (Å²) in [5.41, 5.74) is 0.842. The van der Waals surface area contributed by atoms with Gasteiger partial charge in [0.15, 0.2) is 5.69 Å². The molecule has 0 bridgehead atoms. The molecule has 0 spiro atoms. The molecule has 0 aliphatic rings. The lowest BCUT2D eigenvalue weighted by Gasteiger charge is -2.08. The number of ether oxygens (including phenoxy) is 1. The summed E-state index contributed by atoms with van der Waals surface area (Å²) < 4.78 is 5.47. The van der Waals surface area contributed by atoms with Crippen LogP contribution in [0.3, 0.4) is 0 Å². The van der Waals surface area contributed by atoms with Crippen LogP contribution in [0.4, 0.5) is 5.69 Å². The number of carboxylic acid groups (broad SMARTS) is 1. The highest BCUT2D eigenvalue weighted by molar-refractivity contribution is 5.86. The van der Waals surface area contributed by atoms with Gasteiger partial charge in [0.05, 0.1) is 4.92 Å². The fourth-order valence-electron chi connectivity index (χ4n) is 1.83. The number of aromatic carboxylic acids is 1. The summed E-state index contributed by atoms with van der Waals surface area (Å²) in [5.74, 6) is -0.702. The molecule has 1 aromatic heterocycles. The fraction of sp³-hybridized carbons (Fsp3) is 0.143. The Morgan fingerprint density at radius 1 is 1.43 bits per heavy atom. The largest absolute Gasteiger partial charge is 0.489 e. The summed E-state index contributed by atoms with van der Waals surface area (Å²) >= 11 is 0. The lowest BCUT2D eigenvalue weighted by molar-refractivity contribution is -0.385. The molecule has 1 N–H and O–H groups in total. The molecule has 0 amide bonds. The van der Waals surface area contributed by atoms with Crippen LogP contribution >= 0.6 is 0 Å². The van der Waals surface area contributed by atoms with E-state index in [1.165, 1.54) is 24.4 Å². The van der Waals surface area contributed by atoms with Crippen molar-refractivity contribution < 1.29 is 19.6 Å². The van der Waals surface area contributed by atoms with E-state index < -0.39 is 10.9 Å². The Bertz CT molecular complexity index is 700. The maximum Gasteiger partial charge on any atom is 0.354 e. The zero-order chi connectivity index (χ0) is 15.4. The summed E-state index contributed by atoms with van der Waals surface area (Å²) in [6.45, 7) is 1.63. The van der Waals surface area contributed by atoms with Gasteiger partial charge in [0, 0.05) is 23.4 Å². The smallest absolute Gasteiger partial charge is 0.354 e. The summed E-state index contributed by atoms with van der Waals surface area (Å²) in [6, 6.07) is 7.59. The highest BCUT2D eigenvalue weighted by atomic mass is 16.6. The molecule has 0 atom stereocenters. The molecule has 0 aliphatic carbocycles. The maximum absolute atomic E-state index is 11.0. The first-order chi connectivity index (χ1) is 9.99. The van der Waals surface area contributed by atoms with Crippen molar-refractivity contribution >= 4 is 11.7 Å². The lowest BCUT2D eigenvalue weighted by atomic mass is 10.2. The summed E-state index contributed by atoms with van der Waals surface area (Å²) in [7, 11) is 0. The third-order valence-corrected chi connectivity index (χ3v) is 2.85. The fourth-order valence-corrected chi connectivity index (χ4v) is 1.83. The molecule has 1 aromatic carbocycles. The van der Waals surface area contributed by atoms with Crippen molar-refractivity contribution in [2.24, 2.45) is 0 Å². The minimum Gasteiger partial charge on any atom is -0.489 e. The molecular formula is C14H12N2O5. The highest BCUT2D eigenvalue weighted by Crippen LogP contribution is 2.23. The van der Waals surface area contributed by atoms with Gasteiger partial charge in [0.25, 0.3) is 5.69 Å². The average Bonchev–Trinajstić information content (AvgIpc) is 2.45. The number of carbonyl (C=O) groups is 1. The predicted molar refractivity (Wildman–Crippen MR) is 73.4 cm³/mol. The van der Waals surface area contributed by atoms with Crippen LogP contribution in [-0.2, 0) is 6.61 Å². The molecule has 7 nitrogen and oxygen atoms in total. The molecule has 7 heteroatoms. The predicted octanol–water partition coefficient (Wildman–Crippen LogP) is 2.58. The molecule has 2 aromatic rings. The SMILES string of the molecule is Cc1cc(OCc2cccnc2C(=O)O)ccc1[N+](=O)[O-]. The molecule has 0 radical (unpaired) electrons. The van der Waals surface area contributed by atoms with E-state index in [1.54, 1.807) is 19.1 Å². The second-order valence-corrected chi connectivity index (χ2v) is 4.31. The van der Waals surface area contributed by atoms with Gasteiger partial charge in [-0.2, -0.15) is 0 Å². The number of rotatable bonds is 5. The second-order valence-electron chi connectivity index (χ2n) is 4.31. The number of nitrogens with zero attached hydrogens (tertiary/aromatic N) is 2. The van der Waals surface area contributed by atoms with Gasteiger partial charge < -0.3 is 9.84 Å². The quantitative estimate of drug-likeness (QED) is 0.670. The Labute approximate surface area is 120 Å². The van der Waals surface area contributed by atoms with E-state index in [1.807, 2.05) is 0 Å². The number of hydrogen-bond acceptors (Lipinski definition) is 5. The molecule has 0 saturated heterocycles. The van der Waals surface area contributed by atoms with Gasteiger partial charge in [-0.05, 0) is 25.1 Å². The number of aryl methyl sites for hydroxylation is 1. The van der Waals surface area contributed by atoms with E-state index in [0.717, 1.165) is 0 Å². The number of hydrogen-bond donors (Lipinski definition) is 1. The third-order valence-electron chi connectivity index (χ3n) is 2.85. The number of nitro benzene ring substituents is 1. The Hall–Kier alpha value is -2.96. The minimum atomic E-state index is -1.13. The molecule has 0 aliphatic heterocycles. The summed E-state index contributed by atoms with van der Waals surface area (Å²) in [6.07, 6.45) is 1.39. The van der Waals surface area contributed by atoms with Gasteiger partial charge in [0.2, 0.25) is 0 Å². The van der Waals surface area contributed by atoms with E-state index in [9.17, 15) is 14.9 Å². The van der Waals surface area contributed by atoms with Crippen LogP contribution in [0.15, 0.2) is 36.5 Å². The standard InChI is InChI=1S/C14H12N2O5/c1-9-7-11(4-5-12(9)16(19)20)21-8-10-3-2-6-15-13(10)14(17)18/h2-7H,8H2,1H3,(H,17,18). The van der Waals surface area contributed by atoms with Crippen LogP contribution in [0.25, 0.3) is 0 Å². The Balaban J connectivity index is 2.16. The first kappa shape index (κ1) is 14.4. The Kier molecular flexibility index (Phi) is 4.13. The first-order valence-corrected chi connectivity index (χ1v) is 6.04. The van der Waals surface area contributed by atoms with Gasteiger partial charge in [-0.1, -0.05) is 6.07 Å². The van der Waals surface area contributed by atoms with E-state index in [4.69, 9.17) is 9.84 Å². The molecule has 108 valence electrons. The monoisotopic (exact) mass is 288 g/mol. The van der Waals surface area contributed by atoms with Crippen LogP contribution in [0.5, 0.6) is 5.75 Å². The number of carboxylic acids is 1. The number of nitro groups is 1. The number of pyridine rings is 1. The zero-order valence-electron chi connectivity index (χ0n) is 11.1. The molecule has 0 saturated carbocycles. The summed E-state index contributed by atoms with van der Waals surface area (Å²) in [5, 5.41) is 19.7. The normalized spacial score (nSPS) is 10.1. The Morgan fingerprint density at radius 3 is 2.81 bits per heavy atom. The van der Waals surface area contributed by atoms with Crippen LogP contribution in [0.1, 0.15) is 21.6 Å². The average molecular weight is 288 g/mol. The van der Waals surface area contributed by atoms with Crippen molar-refractivity contribution in [2.75, 3.05) is 0 Å². The van der Waals surface area contributed by atoms with Gasteiger partial charge in [-0.25, -0.2) is 9.78 Å². The second kappa shape index (κ2) is 6.00. The van der Waals surface area contributed by atoms with Gasteiger partial charge in [0.1, 0.15) is 12.4 Å². The van der Waals surface area contributed by atoms with Crippen LogP contribution in [0, 0.1) is 17.0 Å². The van der Waals surface area contributed by atoms with E-state index >= 15 is 0 Å². The van der Waals surface area contributed by atoms with Crippen molar-refractivity contribution in [3.8, 4) is 5.75 Å². The highest BCUT2D eigenvalue weighted by Gasteiger charge is 2.13. The van der Waals surface area contributed by atoms with E-state index in [0.29, 0.717) is 16.9 Å². The topological polar surface area (TPSA) is 103 Å². The first-order valence-electron chi connectivity index (χ1n) is 6.04. The van der Waals surface area contributed by atoms with Crippen LogP contribution < -0.4 is 4.74 Å². The third kappa shape index (κ3) is 3.33. The Morgan fingerprint density at radius 2 is 2.19 bits per heavy atom. The molecule has 21 heavy (non-hydrogen) atoms. The van der Waals surface area contributed by atoms with Gasteiger partial charge >= 0.3 is 5.97 Å². The molecular weight excluding hydrogens is 276 g/mol. The van der Waals surface area contributed by atoms with Crippen molar-refractivity contribution in [1.29, 1.82) is 0 Å². The van der Waals surface area contributed by atoms with Crippen molar-refractivity contribution in [1.82, 2.24) is 4.98 Å². The number of benzene rings is 1. The minimum absolute atomic E-state index is 0.00922. The lowest BCUT2D eigenvalue weighted by Crippen LogP contribution is -2.08. The van der Waals surface area contributed by atoms with Crippen LogP contribution in [-0.4, -0.2) is 21.0 Å². The van der Waals surface area contributed by atoms with E-state index in [2.05, 4.69) is 4.98 Å². The van der Waals surface area contributed by atoms with Crippen LogP contribution in [0.2, 0.25) is 0 Å². The molecule has 2 rings (SSSR count). The maximum atomic E-state index is 11.0. The van der Waals surface area contributed by atoms with Gasteiger partial charge in [-0.15, -0.1) is 0 Å². The summed E-state index contributed by atoms with van der Waals surface area (Å²) in [4.78, 5) is 25.0. The van der Waals surface area contributed by atoms with Crippen molar-refractivity contribution in [2.45, 2.75) is 13.5 Å². The van der Waals surface area contributed by atoms with Crippen molar-refractivity contribution in [3.63, 3.8) is 0 Å². The molecule has 1 heterocycles. The molecule has 0 fully saturated rings. The van der Waals surface area contributed by atoms with Gasteiger partial charge in [-0.3, -0.25) is 10.1 Å². The van der Waals surface area contributed by atoms with Crippen molar-refractivity contribution in [3.05, 3.63) is 63.5 Å². The van der Waals surface area contributed by atoms with E-state index in [-0.39, 0.29) is 18.0 Å². The zero-order valence-corrected chi connectivity index (χ0v) is 11.1. The molecule has 0 unspecified atom stereocenters. The number of aromatic nitrogens is 1.